The molecule has 164 valence electrons. The molecule has 0 fully saturated rings. The van der Waals surface area contributed by atoms with Crippen molar-refractivity contribution in [2.24, 2.45) is 0 Å². The molecule has 0 saturated heterocycles. The van der Waals surface area contributed by atoms with E-state index >= 15 is 0 Å². The summed E-state index contributed by atoms with van der Waals surface area (Å²) in [7, 11) is -3.90. The molecule has 0 radical (unpaired) electrons. The van der Waals surface area contributed by atoms with Crippen LogP contribution in [-0.2, 0) is 15.4 Å². The van der Waals surface area contributed by atoms with Crippen LogP contribution in [-0.4, -0.2) is 14.2 Å². The van der Waals surface area contributed by atoms with Crippen LogP contribution in [0.3, 0.4) is 0 Å². The van der Waals surface area contributed by atoms with Gasteiger partial charge in [-0.25, -0.2) is 8.42 Å². The summed E-state index contributed by atoms with van der Waals surface area (Å²) in [5, 5.41) is 0.333. The minimum absolute atomic E-state index is 0.0916. The van der Waals surface area contributed by atoms with E-state index < -0.39 is 10.0 Å². The zero-order chi connectivity index (χ0) is 23.4. The maximum absolute atomic E-state index is 13.1. The molecule has 0 saturated carbocycles. The highest BCUT2D eigenvalue weighted by molar-refractivity contribution is 7.92. The zero-order valence-corrected chi connectivity index (χ0v) is 20.1. The summed E-state index contributed by atoms with van der Waals surface area (Å²) in [6, 6.07) is 11.2. The number of sulfonamides is 1. The van der Waals surface area contributed by atoms with Gasteiger partial charge in [0, 0.05) is 16.2 Å². The molecule has 0 amide bonds. The van der Waals surface area contributed by atoms with Gasteiger partial charge in [0.25, 0.3) is 10.0 Å². The smallest absolute Gasteiger partial charge is 0.261 e. The van der Waals surface area contributed by atoms with Crippen LogP contribution in [0, 0.1) is 0 Å². The average Bonchev–Trinajstić information content (AvgIpc) is 2.68. The summed E-state index contributed by atoms with van der Waals surface area (Å²) >= 11 is 6.10. The van der Waals surface area contributed by atoms with Crippen molar-refractivity contribution in [1.29, 1.82) is 0 Å². The number of hydrogen-bond donors (Lipinski definition) is 1. The van der Waals surface area contributed by atoms with Gasteiger partial charge in [-0.1, -0.05) is 74.9 Å². The van der Waals surface area contributed by atoms with E-state index in [1.807, 2.05) is 6.92 Å². The lowest BCUT2D eigenvalue weighted by atomic mass is 9.87. The normalized spacial score (nSPS) is 12.8. The van der Waals surface area contributed by atoms with E-state index in [4.69, 9.17) is 11.6 Å². The van der Waals surface area contributed by atoms with Crippen molar-refractivity contribution in [3.8, 4) is 0 Å². The van der Waals surface area contributed by atoms with Crippen LogP contribution in [0.1, 0.15) is 50.5 Å². The van der Waals surface area contributed by atoms with Crippen LogP contribution < -0.4 is 4.72 Å². The topological polar surface area (TPSA) is 63.2 Å². The van der Waals surface area contributed by atoms with Crippen molar-refractivity contribution in [2.45, 2.75) is 44.9 Å². The largest absolute Gasteiger partial charge is 0.289 e. The van der Waals surface area contributed by atoms with Crippen molar-refractivity contribution in [3.05, 3.63) is 94.6 Å². The Morgan fingerprint density at radius 1 is 1.06 bits per heavy atom. The molecular weight excluding hydrogens is 430 g/mol. The Kier molecular flexibility index (Phi) is 7.68. The molecular formula is C25H28ClNO3S. The molecule has 0 aromatic heterocycles. The Hall–Kier alpha value is -2.63. The van der Waals surface area contributed by atoms with Gasteiger partial charge in [-0.3, -0.25) is 9.52 Å². The standard InChI is InChI=1S/C25H28ClNO3S/c1-7-18(9-8-17(2)3)24(28)22-16-20(26)12-15-23(22)27-31(29,30)21-13-10-19(11-14-21)25(4,5)6/h7-16,27H,2H2,1,3-6H3/b9-8-,18-7+. The third-order valence-corrected chi connectivity index (χ3v) is 6.24. The summed E-state index contributed by atoms with van der Waals surface area (Å²) in [6.07, 6.45) is 5.03. The Bertz CT molecular complexity index is 1150. The molecule has 0 aliphatic heterocycles. The monoisotopic (exact) mass is 457 g/mol. The summed E-state index contributed by atoms with van der Waals surface area (Å²) in [5.74, 6) is -0.344. The number of nitrogens with one attached hydrogen (secondary N) is 1. The van der Waals surface area contributed by atoms with E-state index in [1.165, 1.54) is 18.2 Å². The van der Waals surface area contributed by atoms with E-state index in [2.05, 4.69) is 32.1 Å². The summed E-state index contributed by atoms with van der Waals surface area (Å²) in [5.41, 5.74) is 2.46. The summed E-state index contributed by atoms with van der Waals surface area (Å²) in [6.45, 7) is 13.5. The van der Waals surface area contributed by atoms with E-state index in [-0.39, 0.29) is 27.3 Å². The Morgan fingerprint density at radius 3 is 2.19 bits per heavy atom. The van der Waals surface area contributed by atoms with E-state index in [0.29, 0.717) is 10.6 Å². The van der Waals surface area contributed by atoms with Gasteiger partial charge in [-0.15, -0.1) is 0 Å². The molecule has 0 unspecified atom stereocenters. The number of anilines is 1. The quantitative estimate of drug-likeness (QED) is 0.286. The molecule has 0 aliphatic rings. The number of carbonyl (C=O) groups is 1. The van der Waals surface area contributed by atoms with Gasteiger partial charge in [-0.2, -0.15) is 0 Å². The number of ketones is 1. The maximum atomic E-state index is 13.1. The highest BCUT2D eigenvalue weighted by atomic mass is 35.5. The molecule has 1 N–H and O–H groups in total. The lowest BCUT2D eigenvalue weighted by Gasteiger charge is -2.19. The van der Waals surface area contributed by atoms with Crippen LogP contribution in [0.4, 0.5) is 5.69 Å². The number of Topliss-reactive ketones (excluding diaryl/α,β-unsaturated/α-hetero) is 1. The van der Waals surface area contributed by atoms with Crippen molar-refractivity contribution in [2.75, 3.05) is 4.72 Å². The molecule has 0 atom stereocenters. The van der Waals surface area contributed by atoms with Crippen LogP contribution in [0.25, 0.3) is 0 Å². The molecule has 2 aromatic carbocycles. The lowest BCUT2D eigenvalue weighted by Crippen LogP contribution is -2.17. The van der Waals surface area contributed by atoms with Crippen molar-refractivity contribution < 1.29 is 13.2 Å². The van der Waals surface area contributed by atoms with Crippen molar-refractivity contribution >= 4 is 33.1 Å². The fourth-order valence-electron chi connectivity index (χ4n) is 2.82. The van der Waals surface area contributed by atoms with Crippen LogP contribution in [0.2, 0.25) is 5.02 Å². The first kappa shape index (κ1) is 24.6. The fraction of sp³-hybridized carbons (Fsp3) is 0.240. The van der Waals surface area contributed by atoms with Crippen LogP contribution in [0.15, 0.2) is 83.3 Å². The third kappa shape index (κ3) is 6.42. The second kappa shape index (κ2) is 9.67. The third-order valence-electron chi connectivity index (χ3n) is 4.62. The second-order valence-corrected chi connectivity index (χ2v) is 10.4. The first-order valence-electron chi connectivity index (χ1n) is 9.82. The van der Waals surface area contributed by atoms with Crippen LogP contribution in [0.5, 0.6) is 0 Å². The number of hydrogen-bond acceptors (Lipinski definition) is 3. The van der Waals surface area contributed by atoms with Gasteiger partial charge in [0.05, 0.1) is 10.6 Å². The fourth-order valence-corrected chi connectivity index (χ4v) is 4.07. The number of carbonyl (C=O) groups excluding carboxylic acids is 1. The van der Waals surface area contributed by atoms with E-state index in [1.54, 1.807) is 49.4 Å². The van der Waals surface area contributed by atoms with E-state index in [0.717, 1.165) is 11.1 Å². The number of allylic oxidation sites excluding steroid dienone is 5. The molecule has 2 rings (SSSR count). The Morgan fingerprint density at radius 2 is 1.68 bits per heavy atom. The Balaban J connectivity index is 2.44. The van der Waals surface area contributed by atoms with Gasteiger partial charge < -0.3 is 0 Å². The molecule has 0 aliphatic carbocycles. The number of halogens is 1. The van der Waals surface area contributed by atoms with Gasteiger partial charge in [0.15, 0.2) is 5.78 Å². The van der Waals surface area contributed by atoms with E-state index in [9.17, 15) is 13.2 Å². The highest BCUT2D eigenvalue weighted by Crippen LogP contribution is 2.28. The van der Waals surface area contributed by atoms with Gasteiger partial charge >= 0.3 is 0 Å². The molecule has 0 spiro atoms. The molecule has 2 aromatic rings. The molecule has 0 heterocycles. The van der Waals surface area contributed by atoms with Gasteiger partial charge in [-0.05, 0) is 55.2 Å². The molecule has 6 heteroatoms. The van der Waals surface area contributed by atoms with Gasteiger partial charge in [0.1, 0.15) is 0 Å². The summed E-state index contributed by atoms with van der Waals surface area (Å²) < 4.78 is 28.5. The first-order chi connectivity index (χ1) is 14.3. The predicted octanol–water partition coefficient (Wildman–Crippen LogP) is 6.70. The Labute approximate surface area is 190 Å². The molecule has 31 heavy (non-hydrogen) atoms. The number of rotatable bonds is 7. The summed E-state index contributed by atoms with van der Waals surface area (Å²) in [4.78, 5) is 13.2. The maximum Gasteiger partial charge on any atom is 0.261 e. The minimum atomic E-state index is -3.90. The average molecular weight is 458 g/mol. The zero-order valence-electron chi connectivity index (χ0n) is 18.5. The highest BCUT2D eigenvalue weighted by Gasteiger charge is 2.21. The van der Waals surface area contributed by atoms with Gasteiger partial charge in [0.2, 0.25) is 0 Å². The lowest BCUT2D eigenvalue weighted by molar-refractivity contribution is 0.103. The predicted molar refractivity (Wildman–Crippen MR) is 129 cm³/mol. The first-order valence-corrected chi connectivity index (χ1v) is 11.7. The second-order valence-electron chi connectivity index (χ2n) is 8.32. The SMILES string of the molecule is C=C(C)/C=C\C(=C/C)C(=O)c1cc(Cl)ccc1NS(=O)(=O)c1ccc(C(C)(C)C)cc1. The molecule has 0 bridgehead atoms. The molecule has 4 nitrogen and oxygen atoms in total. The van der Waals surface area contributed by atoms with Crippen molar-refractivity contribution in [1.82, 2.24) is 0 Å². The van der Waals surface area contributed by atoms with Crippen LogP contribution >= 0.6 is 11.6 Å². The number of benzene rings is 2. The minimum Gasteiger partial charge on any atom is -0.289 e. The van der Waals surface area contributed by atoms with Crippen molar-refractivity contribution in [3.63, 3.8) is 0 Å².